The summed E-state index contributed by atoms with van der Waals surface area (Å²) in [6.07, 6.45) is 0. The molecular formula is C46H42Cl4N8O8. The zero-order valence-corrected chi connectivity index (χ0v) is 38.8. The third-order valence-electron chi connectivity index (χ3n) is 9.11. The molecule has 2 unspecified atom stereocenters. The molecule has 2 atom stereocenters. The second-order valence-electron chi connectivity index (χ2n) is 14.1. The predicted octanol–water partition coefficient (Wildman–Crippen LogP) is 11.1. The van der Waals surface area contributed by atoms with Crippen LogP contribution in [-0.4, -0.2) is 60.5 Å². The smallest absolute Gasteiger partial charge is 0.258 e. The highest BCUT2D eigenvalue weighted by Crippen LogP contribution is 2.38. The third-order valence-corrected chi connectivity index (χ3v) is 10.4. The summed E-state index contributed by atoms with van der Waals surface area (Å²) < 4.78 is 11.6. The number of amides is 4. The number of nitrogens with one attached hydrogen (secondary N) is 4. The molecule has 4 amide bonds. The van der Waals surface area contributed by atoms with E-state index < -0.39 is 47.3 Å². The molecule has 0 bridgehead atoms. The van der Waals surface area contributed by atoms with Gasteiger partial charge in [-0.1, -0.05) is 47.5 Å². The Kier molecular flexibility index (Phi) is 18.3. The summed E-state index contributed by atoms with van der Waals surface area (Å²) in [6, 6.07) is 21.8. The van der Waals surface area contributed by atoms with Crippen LogP contribution >= 0.6 is 46.4 Å². The van der Waals surface area contributed by atoms with Crippen molar-refractivity contribution in [1.82, 2.24) is 0 Å². The molecule has 0 radical (unpaired) electrons. The molecule has 20 heteroatoms. The molecule has 5 rings (SSSR count). The SMILES string of the molecule is CCOc1cc(NC(=O)C(N=Nc2ccc(Cl)c(C(=O)Nc3cccc(CCl)c3)c2)C(C)=O)c(OCC)cc1NC(=O)C(N=Nc1ccc(Cl)c(C(=O)Nc2cccc(CCl)c2)c1)C(C)=O. The maximum Gasteiger partial charge on any atom is 0.258 e. The molecule has 0 spiro atoms. The molecule has 66 heavy (non-hydrogen) atoms. The minimum absolute atomic E-state index is 0.0468. The molecule has 5 aromatic rings. The minimum Gasteiger partial charge on any atom is -0.492 e. The number of halogens is 4. The van der Waals surface area contributed by atoms with Crippen molar-refractivity contribution < 1.29 is 38.2 Å². The van der Waals surface area contributed by atoms with Crippen LogP contribution in [0.5, 0.6) is 11.5 Å². The van der Waals surface area contributed by atoms with E-state index in [0.29, 0.717) is 11.4 Å². The van der Waals surface area contributed by atoms with Gasteiger partial charge in [0.05, 0.1) is 57.1 Å². The van der Waals surface area contributed by atoms with Gasteiger partial charge in [-0.05, 0) is 99.5 Å². The highest BCUT2D eigenvalue weighted by molar-refractivity contribution is 6.35. The summed E-state index contributed by atoms with van der Waals surface area (Å²) in [5.74, 6) is -3.58. The van der Waals surface area contributed by atoms with Gasteiger partial charge >= 0.3 is 0 Å². The normalized spacial score (nSPS) is 12.0. The lowest BCUT2D eigenvalue weighted by Gasteiger charge is -2.19. The van der Waals surface area contributed by atoms with Crippen LogP contribution in [0.3, 0.4) is 0 Å². The molecule has 342 valence electrons. The van der Waals surface area contributed by atoms with E-state index >= 15 is 0 Å². The summed E-state index contributed by atoms with van der Waals surface area (Å²) in [4.78, 5) is 79.1. The van der Waals surface area contributed by atoms with Gasteiger partial charge in [-0.2, -0.15) is 20.5 Å². The predicted molar refractivity (Wildman–Crippen MR) is 255 cm³/mol. The van der Waals surface area contributed by atoms with Crippen molar-refractivity contribution in [3.05, 3.63) is 129 Å². The molecule has 0 aliphatic rings. The van der Waals surface area contributed by atoms with Crippen LogP contribution in [0, 0.1) is 0 Å². The van der Waals surface area contributed by atoms with Gasteiger partial charge in [-0.25, -0.2) is 0 Å². The number of ether oxygens (including phenoxy) is 2. The second-order valence-corrected chi connectivity index (χ2v) is 15.4. The molecule has 0 aliphatic heterocycles. The molecule has 0 saturated carbocycles. The van der Waals surface area contributed by atoms with Crippen LogP contribution in [0.25, 0.3) is 0 Å². The molecule has 0 aromatic heterocycles. The van der Waals surface area contributed by atoms with E-state index in [1.54, 1.807) is 50.2 Å². The summed E-state index contributed by atoms with van der Waals surface area (Å²) >= 11 is 24.5. The Bertz CT molecular complexity index is 2530. The van der Waals surface area contributed by atoms with Crippen LogP contribution < -0.4 is 30.7 Å². The van der Waals surface area contributed by atoms with Crippen molar-refractivity contribution in [1.29, 1.82) is 0 Å². The summed E-state index contributed by atoms with van der Waals surface area (Å²) in [7, 11) is 0. The van der Waals surface area contributed by atoms with Gasteiger partial charge in [0.25, 0.3) is 23.6 Å². The van der Waals surface area contributed by atoms with E-state index in [9.17, 15) is 28.8 Å². The summed E-state index contributed by atoms with van der Waals surface area (Å²) in [5.41, 5.74) is 3.04. The maximum absolute atomic E-state index is 13.6. The van der Waals surface area contributed by atoms with Gasteiger partial charge in [0.2, 0.25) is 12.1 Å². The zero-order chi connectivity index (χ0) is 47.9. The fraction of sp³-hybridized carbons (Fsp3) is 0.217. The lowest BCUT2D eigenvalue weighted by molar-refractivity contribution is -0.127. The van der Waals surface area contributed by atoms with E-state index in [1.807, 2.05) is 12.1 Å². The Morgan fingerprint density at radius 3 is 1.29 bits per heavy atom. The molecule has 5 aromatic carbocycles. The number of carbonyl (C=O) groups excluding carboxylic acids is 6. The van der Waals surface area contributed by atoms with E-state index in [-0.39, 0.29) is 80.4 Å². The number of carbonyl (C=O) groups is 6. The van der Waals surface area contributed by atoms with E-state index in [0.717, 1.165) is 25.0 Å². The van der Waals surface area contributed by atoms with Crippen LogP contribution in [0.2, 0.25) is 10.0 Å². The van der Waals surface area contributed by atoms with Crippen molar-refractivity contribution in [2.75, 3.05) is 34.5 Å². The highest BCUT2D eigenvalue weighted by Gasteiger charge is 2.28. The number of ketones is 2. The Morgan fingerprint density at radius 2 is 0.939 bits per heavy atom. The Labute approximate surface area is 399 Å². The summed E-state index contributed by atoms with van der Waals surface area (Å²) in [6.45, 7) is 5.89. The number of hydrogen-bond donors (Lipinski definition) is 4. The molecule has 0 aliphatic carbocycles. The number of alkyl halides is 2. The van der Waals surface area contributed by atoms with Crippen LogP contribution in [0.1, 0.15) is 59.5 Å². The Balaban J connectivity index is 1.34. The molecule has 0 saturated heterocycles. The number of nitrogens with zero attached hydrogens (tertiary/aromatic N) is 4. The molecule has 16 nitrogen and oxygen atoms in total. The maximum atomic E-state index is 13.6. The van der Waals surface area contributed by atoms with Crippen molar-refractivity contribution in [2.24, 2.45) is 20.5 Å². The molecule has 4 N–H and O–H groups in total. The number of Topliss-reactive ketones (excluding diaryl/α,β-unsaturated/α-hetero) is 2. The second kappa shape index (κ2) is 24.0. The standard InChI is InChI=1S/C46H42Cl4N8O8/c1-5-65-39-21-38(54-46(64)42(26(4)60)58-56-32-14-16-36(50)34(20-32)44(62)52-30-12-8-10-28(18-30)24-48)40(66-6-2)22-37(39)53-45(63)41(25(3)59)57-55-31-13-15-35(49)33(19-31)43(61)51-29-11-7-9-27(17-29)23-47/h7-22,41-42H,5-6,23-24H2,1-4H3,(H,51,61)(H,52,62)(H,53,63)(H,54,64). The van der Waals surface area contributed by atoms with Crippen molar-refractivity contribution >= 4 is 116 Å². The first-order chi connectivity index (χ1) is 31.6. The number of anilines is 4. The van der Waals surface area contributed by atoms with Crippen LogP contribution in [-0.2, 0) is 30.9 Å². The van der Waals surface area contributed by atoms with E-state index in [4.69, 9.17) is 55.9 Å². The van der Waals surface area contributed by atoms with Crippen LogP contribution in [0.4, 0.5) is 34.1 Å². The van der Waals surface area contributed by atoms with Gasteiger partial charge in [0, 0.05) is 35.3 Å². The first kappa shape index (κ1) is 50.3. The first-order valence-corrected chi connectivity index (χ1v) is 21.9. The van der Waals surface area contributed by atoms with Crippen molar-refractivity contribution in [3.63, 3.8) is 0 Å². The van der Waals surface area contributed by atoms with E-state index in [1.165, 1.54) is 48.5 Å². The van der Waals surface area contributed by atoms with Gasteiger partial charge in [0.15, 0.2) is 11.6 Å². The van der Waals surface area contributed by atoms with Crippen molar-refractivity contribution in [2.45, 2.75) is 51.5 Å². The van der Waals surface area contributed by atoms with Crippen molar-refractivity contribution in [3.8, 4) is 11.5 Å². The quantitative estimate of drug-likeness (QED) is 0.0333. The van der Waals surface area contributed by atoms with E-state index in [2.05, 4.69) is 41.7 Å². The fourth-order valence-corrected chi connectivity index (χ4v) is 6.69. The lowest BCUT2D eigenvalue weighted by atomic mass is 10.1. The van der Waals surface area contributed by atoms with Gasteiger partial charge in [-0.3, -0.25) is 28.8 Å². The van der Waals surface area contributed by atoms with Gasteiger partial charge in [0.1, 0.15) is 11.5 Å². The lowest BCUT2D eigenvalue weighted by Crippen LogP contribution is -2.32. The minimum atomic E-state index is -1.65. The molecule has 0 fully saturated rings. The number of hydrogen-bond acceptors (Lipinski definition) is 12. The average molecular weight is 977 g/mol. The molecular weight excluding hydrogens is 934 g/mol. The van der Waals surface area contributed by atoms with Gasteiger partial charge < -0.3 is 30.7 Å². The average Bonchev–Trinajstić information content (AvgIpc) is 3.28. The number of azo groups is 2. The van der Waals surface area contributed by atoms with Crippen LogP contribution in [0.15, 0.2) is 118 Å². The highest BCUT2D eigenvalue weighted by atomic mass is 35.5. The third kappa shape index (κ3) is 13.7. The summed E-state index contributed by atoms with van der Waals surface area (Å²) in [5, 5.41) is 27.1. The first-order valence-electron chi connectivity index (χ1n) is 20.0. The monoisotopic (exact) mass is 974 g/mol. The number of benzene rings is 5. The Morgan fingerprint density at radius 1 is 0.545 bits per heavy atom. The topological polar surface area (TPSA) is 218 Å². The molecule has 0 heterocycles. The number of rotatable bonds is 20. The zero-order valence-electron chi connectivity index (χ0n) is 35.8. The van der Waals surface area contributed by atoms with Gasteiger partial charge in [-0.15, -0.1) is 23.2 Å². The largest absolute Gasteiger partial charge is 0.492 e. The Hall–Kier alpha value is -6.72. The fourth-order valence-electron chi connectivity index (χ4n) is 5.95.